The molecule has 17 heavy (non-hydrogen) atoms. The summed E-state index contributed by atoms with van der Waals surface area (Å²) in [6.45, 7) is 3.45. The molecule has 0 spiro atoms. The van der Waals surface area contributed by atoms with Crippen molar-refractivity contribution in [2.45, 2.75) is 13.5 Å². The number of H-pyrrole nitrogens is 1. The molecule has 0 aliphatic rings. The first-order valence-electron chi connectivity index (χ1n) is 5.41. The minimum atomic E-state index is -0.479. The van der Waals surface area contributed by atoms with Gasteiger partial charge in [0.1, 0.15) is 11.6 Å². The number of halogens is 2. The maximum Gasteiger partial charge on any atom is 0.132 e. The van der Waals surface area contributed by atoms with E-state index in [4.69, 9.17) is 0 Å². The van der Waals surface area contributed by atoms with Crippen molar-refractivity contribution in [1.82, 2.24) is 15.5 Å². The summed E-state index contributed by atoms with van der Waals surface area (Å²) >= 11 is 0. The van der Waals surface area contributed by atoms with Gasteiger partial charge in [-0.25, -0.2) is 8.78 Å². The molecule has 0 aliphatic heterocycles. The van der Waals surface area contributed by atoms with Crippen LogP contribution < -0.4 is 5.32 Å². The molecule has 1 aromatic carbocycles. The Labute approximate surface area is 97.9 Å². The van der Waals surface area contributed by atoms with Crippen LogP contribution in [0, 0.1) is 11.6 Å². The van der Waals surface area contributed by atoms with E-state index in [1.807, 2.05) is 6.92 Å². The third-order valence-corrected chi connectivity index (χ3v) is 2.40. The third kappa shape index (κ3) is 2.68. The monoisotopic (exact) mass is 237 g/mol. The van der Waals surface area contributed by atoms with Gasteiger partial charge in [0, 0.05) is 17.8 Å². The van der Waals surface area contributed by atoms with Gasteiger partial charge in [0.15, 0.2) is 0 Å². The van der Waals surface area contributed by atoms with E-state index >= 15 is 0 Å². The molecule has 0 fully saturated rings. The molecule has 0 atom stereocenters. The highest BCUT2D eigenvalue weighted by Crippen LogP contribution is 2.22. The maximum atomic E-state index is 13.5. The van der Waals surface area contributed by atoms with E-state index in [0.29, 0.717) is 12.2 Å². The fourth-order valence-electron chi connectivity index (χ4n) is 1.54. The van der Waals surface area contributed by atoms with Crippen molar-refractivity contribution in [2.24, 2.45) is 0 Å². The molecule has 1 aromatic heterocycles. The number of aromatic amines is 1. The first-order chi connectivity index (χ1) is 8.20. The molecule has 0 amide bonds. The SMILES string of the molecule is CCNCc1cc(-c2cc(F)ccc2F)n[nH]1. The Balaban J connectivity index is 2.27. The molecule has 90 valence electrons. The second kappa shape index (κ2) is 5.05. The first-order valence-corrected chi connectivity index (χ1v) is 5.41. The summed E-state index contributed by atoms with van der Waals surface area (Å²) in [5, 5.41) is 9.87. The fourth-order valence-corrected chi connectivity index (χ4v) is 1.54. The molecule has 0 saturated carbocycles. The molecule has 0 bridgehead atoms. The summed E-state index contributed by atoms with van der Waals surface area (Å²) in [5.41, 5.74) is 1.42. The van der Waals surface area contributed by atoms with E-state index < -0.39 is 11.6 Å². The number of nitrogens with one attached hydrogen (secondary N) is 2. The normalized spacial score (nSPS) is 10.8. The number of benzene rings is 1. The average molecular weight is 237 g/mol. The number of nitrogens with zero attached hydrogens (tertiary/aromatic N) is 1. The van der Waals surface area contributed by atoms with Crippen molar-refractivity contribution in [3.05, 3.63) is 41.6 Å². The van der Waals surface area contributed by atoms with Gasteiger partial charge in [-0.05, 0) is 30.8 Å². The molecular formula is C12H13F2N3. The maximum absolute atomic E-state index is 13.5. The van der Waals surface area contributed by atoms with Gasteiger partial charge in [-0.15, -0.1) is 0 Å². The predicted octanol–water partition coefficient (Wildman–Crippen LogP) is 2.46. The zero-order chi connectivity index (χ0) is 12.3. The highest BCUT2D eigenvalue weighted by molar-refractivity contribution is 5.60. The molecule has 0 radical (unpaired) electrons. The number of hydrogen-bond acceptors (Lipinski definition) is 2. The summed E-state index contributed by atoms with van der Waals surface area (Å²) in [6.07, 6.45) is 0. The Morgan fingerprint density at radius 1 is 1.29 bits per heavy atom. The van der Waals surface area contributed by atoms with Gasteiger partial charge in [-0.1, -0.05) is 6.92 Å². The molecular weight excluding hydrogens is 224 g/mol. The van der Waals surface area contributed by atoms with Crippen molar-refractivity contribution in [2.75, 3.05) is 6.54 Å². The van der Waals surface area contributed by atoms with Crippen molar-refractivity contribution in [3.8, 4) is 11.3 Å². The second-order valence-corrected chi connectivity index (χ2v) is 3.68. The van der Waals surface area contributed by atoms with Gasteiger partial charge in [0.05, 0.1) is 5.69 Å². The highest BCUT2D eigenvalue weighted by Gasteiger charge is 2.10. The van der Waals surface area contributed by atoms with Crippen LogP contribution in [0.25, 0.3) is 11.3 Å². The standard InChI is InChI=1S/C12H13F2N3/c1-2-15-7-9-6-12(17-16-9)10-5-8(13)3-4-11(10)14/h3-6,15H,2,7H2,1H3,(H,16,17). The van der Waals surface area contributed by atoms with Crippen molar-refractivity contribution >= 4 is 0 Å². The van der Waals surface area contributed by atoms with Crippen LogP contribution in [-0.4, -0.2) is 16.7 Å². The van der Waals surface area contributed by atoms with Gasteiger partial charge in [-0.2, -0.15) is 5.10 Å². The smallest absolute Gasteiger partial charge is 0.132 e. The Bertz CT molecular complexity index is 508. The van der Waals surface area contributed by atoms with Crippen LogP contribution in [0.1, 0.15) is 12.6 Å². The zero-order valence-electron chi connectivity index (χ0n) is 9.43. The highest BCUT2D eigenvalue weighted by atomic mass is 19.1. The van der Waals surface area contributed by atoms with Crippen LogP contribution >= 0.6 is 0 Å². The Kier molecular flexibility index (Phi) is 3.49. The second-order valence-electron chi connectivity index (χ2n) is 3.68. The average Bonchev–Trinajstić information content (AvgIpc) is 2.78. The molecule has 1 heterocycles. The minimum absolute atomic E-state index is 0.170. The molecule has 5 heteroatoms. The van der Waals surface area contributed by atoms with Crippen LogP contribution in [0.5, 0.6) is 0 Å². The summed E-state index contributed by atoms with van der Waals surface area (Å²) < 4.78 is 26.5. The first kappa shape index (κ1) is 11.7. The fraction of sp³-hybridized carbons (Fsp3) is 0.250. The summed E-state index contributed by atoms with van der Waals surface area (Å²) in [7, 11) is 0. The molecule has 3 nitrogen and oxygen atoms in total. The lowest BCUT2D eigenvalue weighted by Gasteiger charge is -1.98. The molecule has 2 rings (SSSR count). The van der Waals surface area contributed by atoms with Gasteiger partial charge < -0.3 is 5.32 Å². The lowest BCUT2D eigenvalue weighted by molar-refractivity contribution is 0.602. The Hall–Kier alpha value is -1.75. The van der Waals surface area contributed by atoms with Gasteiger partial charge in [0.25, 0.3) is 0 Å². The summed E-state index contributed by atoms with van der Waals surface area (Å²) in [6, 6.07) is 5.04. The lowest BCUT2D eigenvalue weighted by Crippen LogP contribution is -2.11. The van der Waals surface area contributed by atoms with E-state index in [1.54, 1.807) is 6.07 Å². The predicted molar refractivity (Wildman–Crippen MR) is 61.3 cm³/mol. The molecule has 0 saturated heterocycles. The van der Waals surface area contributed by atoms with Crippen molar-refractivity contribution < 1.29 is 8.78 Å². The van der Waals surface area contributed by atoms with Gasteiger partial charge >= 0.3 is 0 Å². The van der Waals surface area contributed by atoms with Crippen LogP contribution in [-0.2, 0) is 6.54 Å². The van der Waals surface area contributed by atoms with E-state index in [1.165, 1.54) is 0 Å². The Morgan fingerprint density at radius 2 is 2.12 bits per heavy atom. The summed E-state index contributed by atoms with van der Waals surface area (Å²) in [4.78, 5) is 0. The Morgan fingerprint density at radius 3 is 2.88 bits per heavy atom. The quantitative estimate of drug-likeness (QED) is 0.857. The molecule has 0 unspecified atom stereocenters. The molecule has 0 aliphatic carbocycles. The van der Waals surface area contributed by atoms with Gasteiger partial charge in [0.2, 0.25) is 0 Å². The van der Waals surface area contributed by atoms with E-state index in [0.717, 1.165) is 30.4 Å². The van der Waals surface area contributed by atoms with E-state index in [9.17, 15) is 8.78 Å². The van der Waals surface area contributed by atoms with Crippen LogP contribution in [0.15, 0.2) is 24.3 Å². The van der Waals surface area contributed by atoms with Crippen LogP contribution in [0.4, 0.5) is 8.78 Å². The topological polar surface area (TPSA) is 40.7 Å². The number of rotatable bonds is 4. The molecule has 2 N–H and O–H groups in total. The summed E-state index contributed by atoms with van der Waals surface area (Å²) in [5.74, 6) is -0.953. The van der Waals surface area contributed by atoms with Gasteiger partial charge in [-0.3, -0.25) is 5.10 Å². The van der Waals surface area contributed by atoms with E-state index in [2.05, 4.69) is 15.5 Å². The third-order valence-electron chi connectivity index (χ3n) is 2.40. The van der Waals surface area contributed by atoms with Crippen LogP contribution in [0.3, 0.4) is 0 Å². The number of hydrogen-bond donors (Lipinski definition) is 2. The minimum Gasteiger partial charge on any atom is -0.311 e. The lowest BCUT2D eigenvalue weighted by atomic mass is 10.1. The largest absolute Gasteiger partial charge is 0.311 e. The molecule has 2 aromatic rings. The van der Waals surface area contributed by atoms with Crippen molar-refractivity contribution in [3.63, 3.8) is 0 Å². The number of aromatic nitrogens is 2. The van der Waals surface area contributed by atoms with E-state index in [-0.39, 0.29) is 5.56 Å². The van der Waals surface area contributed by atoms with Crippen molar-refractivity contribution in [1.29, 1.82) is 0 Å². The van der Waals surface area contributed by atoms with Crippen LogP contribution in [0.2, 0.25) is 0 Å². The zero-order valence-corrected chi connectivity index (χ0v) is 9.43.